The van der Waals surface area contributed by atoms with Crippen molar-refractivity contribution in [3.63, 3.8) is 0 Å². The third kappa shape index (κ3) is 2.42. The van der Waals surface area contributed by atoms with Crippen LogP contribution in [0.5, 0.6) is 0 Å². The van der Waals surface area contributed by atoms with Crippen molar-refractivity contribution >= 4 is 32.6 Å². The van der Waals surface area contributed by atoms with Crippen LogP contribution < -0.4 is 5.32 Å². The zero-order chi connectivity index (χ0) is 14.1. The molecule has 0 aliphatic rings. The van der Waals surface area contributed by atoms with Gasteiger partial charge in [-0.1, -0.05) is 23.5 Å². The Hall–Kier alpha value is -2.21. The average molecular weight is 286 g/mol. The molecule has 20 heavy (non-hydrogen) atoms. The minimum Gasteiger partial charge on any atom is -0.300 e. The molecule has 0 aliphatic carbocycles. The summed E-state index contributed by atoms with van der Waals surface area (Å²) in [6, 6.07) is 5.91. The Morgan fingerprint density at radius 1 is 1.35 bits per heavy atom. The van der Waals surface area contributed by atoms with E-state index in [2.05, 4.69) is 28.4 Å². The first-order valence-corrected chi connectivity index (χ1v) is 7.09. The van der Waals surface area contributed by atoms with Gasteiger partial charge in [0.2, 0.25) is 5.91 Å². The highest BCUT2D eigenvalue weighted by Crippen LogP contribution is 2.30. The first-order chi connectivity index (χ1) is 9.63. The van der Waals surface area contributed by atoms with Gasteiger partial charge in [-0.3, -0.25) is 9.48 Å². The smallest absolute Gasteiger partial charge is 0.247 e. The van der Waals surface area contributed by atoms with Crippen LogP contribution in [0.1, 0.15) is 11.1 Å². The Morgan fingerprint density at radius 3 is 2.85 bits per heavy atom. The number of carbonyl (C=O) groups is 1. The first kappa shape index (κ1) is 12.8. The summed E-state index contributed by atoms with van der Waals surface area (Å²) in [4.78, 5) is 16.4. The number of aromatic nitrogens is 3. The van der Waals surface area contributed by atoms with Gasteiger partial charge in [-0.25, -0.2) is 4.98 Å². The van der Waals surface area contributed by atoms with Gasteiger partial charge in [0.25, 0.3) is 0 Å². The third-order valence-corrected chi connectivity index (χ3v) is 4.16. The van der Waals surface area contributed by atoms with E-state index in [1.807, 2.05) is 13.0 Å². The number of benzene rings is 1. The van der Waals surface area contributed by atoms with Gasteiger partial charge < -0.3 is 5.32 Å². The normalized spacial score (nSPS) is 10.9. The van der Waals surface area contributed by atoms with Crippen molar-refractivity contribution in [1.82, 2.24) is 14.8 Å². The molecule has 1 amide bonds. The molecule has 3 rings (SSSR count). The Labute approximate surface area is 120 Å². The van der Waals surface area contributed by atoms with E-state index in [1.54, 1.807) is 23.1 Å². The fraction of sp³-hybridized carbons (Fsp3) is 0.214. The summed E-state index contributed by atoms with van der Waals surface area (Å²) in [5.74, 6) is -0.122. The molecule has 5 nitrogen and oxygen atoms in total. The summed E-state index contributed by atoms with van der Waals surface area (Å²) >= 11 is 1.51. The lowest BCUT2D eigenvalue weighted by Crippen LogP contribution is -2.18. The van der Waals surface area contributed by atoms with E-state index in [0.717, 1.165) is 15.8 Å². The zero-order valence-electron chi connectivity index (χ0n) is 11.3. The number of hydrogen-bond acceptors (Lipinski definition) is 4. The van der Waals surface area contributed by atoms with E-state index >= 15 is 0 Å². The fourth-order valence-electron chi connectivity index (χ4n) is 2.01. The highest BCUT2D eigenvalue weighted by molar-refractivity contribution is 7.22. The number of amides is 1. The van der Waals surface area contributed by atoms with Gasteiger partial charge in [0.15, 0.2) is 5.13 Å². The molecule has 0 saturated carbocycles. The second-order valence-corrected chi connectivity index (χ2v) is 5.65. The lowest BCUT2D eigenvalue weighted by atomic mass is 10.1. The van der Waals surface area contributed by atoms with Crippen LogP contribution in [0.25, 0.3) is 10.2 Å². The van der Waals surface area contributed by atoms with Crippen molar-refractivity contribution in [2.45, 2.75) is 20.4 Å². The maximum absolute atomic E-state index is 11.9. The number of fused-ring (bicyclic) bond motifs is 1. The van der Waals surface area contributed by atoms with Gasteiger partial charge in [0, 0.05) is 12.4 Å². The standard InChI is InChI=1S/C14H14N4OS/c1-9-4-5-10(2)13-12(9)17-14(20-13)16-11(19)8-18-7-3-6-15-18/h3-7H,8H2,1-2H3,(H,16,17,19). The van der Waals surface area contributed by atoms with Crippen LogP contribution in [0.3, 0.4) is 0 Å². The number of anilines is 1. The topological polar surface area (TPSA) is 59.8 Å². The van der Waals surface area contributed by atoms with Crippen LogP contribution in [0.2, 0.25) is 0 Å². The third-order valence-electron chi connectivity index (χ3n) is 3.05. The van der Waals surface area contributed by atoms with E-state index in [0.29, 0.717) is 5.13 Å². The summed E-state index contributed by atoms with van der Waals surface area (Å²) in [5, 5.41) is 7.47. The monoisotopic (exact) mass is 286 g/mol. The molecular formula is C14H14N4OS. The molecule has 0 spiro atoms. The number of thiazole rings is 1. The second-order valence-electron chi connectivity index (χ2n) is 4.65. The van der Waals surface area contributed by atoms with E-state index < -0.39 is 0 Å². The molecular weight excluding hydrogens is 272 g/mol. The number of carbonyl (C=O) groups excluding carboxylic acids is 1. The quantitative estimate of drug-likeness (QED) is 0.805. The SMILES string of the molecule is Cc1ccc(C)c2sc(NC(=O)Cn3cccn3)nc12. The van der Waals surface area contributed by atoms with Crippen molar-refractivity contribution < 1.29 is 4.79 Å². The molecule has 2 heterocycles. The number of nitrogens with zero attached hydrogens (tertiary/aromatic N) is 3. The first-order valence-electron chi connectivity index (χ1n) is 6.27. The van der Waals surface area contributed by atoms with E-state index in [9.17, 15) is 4.79 Å². The van der Waals surface area contributed by atoms with Crippen molar-refractivity contribution in [2.75, 3.05) is 5.32 Å². The Kier molecular flexibility index (Phi) is 3.23. The summed E-state index contributed by atoms with van der Waals surface area (Å²) in [6.07, 6.45) is 3.41. The summed E-state index contributed by atoms with van der Waals surface area (Å²) < 4.78 is 2.71. The number of aryl methyl sites for hydroxylation is 2. The highest BCUT2D eigenvalue weighted by Gasteiger charge is 2.11. The van der Waals surface area contributed by atoms with Gasteiger partial charge in [-0.05, 0) is 31.0 Å². The molecule has 6 heteroatoms. The lowest BCUT2D eigenvalue weighted by molar-refractivity contribution is -0.116. The average Bonchev–Trinajstić information content (AvgIpc) is 3.03. The molecule has 0 radical (unpaired) electrons. The molecule has 3 aromatic rings. The second kappa shape index (κ2) is 5.05. The Bertz CT molecular complexity index is 722. The van der Waals surface area contributed by atoms with Crippen LogP contribution >= 0.6 is 11.3 Å². The molecule has 0 aliphatic heterocycles. The molecule has 102 valence electrons. The van der Waals surface area contributed by atoms with E-state index in [-0.39, 0.29) is 12.5 Å². The maximum atomic E-state index is 11.9. The van der Waals surface area contributed by atoms with E-state index in [1.165, 1.54) is 16.9 Å². The van der Waals surface area contributed by atoms with Crippen molar-refractivity contribution in [3.05, 3.63) is 41.7 Å². The Morgan fingerprint density at radius 2 is 2.15 bits per heavy atom. The largest absolute Gasteiger partial charge is 0.300 e. The van der Waals surface area contributed by atoms with Crippen LogP contribution in [0.4, 0.5) is 5.13 Å². The Balaban J connectivity index is 1.82. The van der Waals surface area contributed by atoms with Crippen molar-refractivity contribution in [2.24, 2.45) is 0 Å². The molecule has 1 N–H and O–H groups in total. The predicted octanol–water partition coefficient (Wildman–Crippen LogP) is 2.75. The minimum atomic E-state index is -0.122. The van der Waals surface area contributed by atoms with Gasteiger partial charge in [-0.2, -0.15) is 5.10 Å². The van der Waals surface area contributed by atoms with Crippen LogP contribution in [0.15, 0.2) is 30.6 Å². The predicted molar refractivity (Wildman–Crippen MR) is 80.0 cm³/mol. The zero-order valence-corrected chi connectivity index (χ0v) is 12.1. The van der Waals surface area contributed by atoms with Crippen LogP contribution in [-0.2, 0) is 11.3 Å². The molecule has 0 bridgehead atoms. The van der Waals surface area contributed by atoms with E-state index in [4.69, 9.17) is 0 Å². The van der Waals surface area contributed by atoms with Gasteiger partial charge in [-0.15, -0.1) is 0 Å². The van der Waals surface area contributed by atoms with Gasteiger partial charge in [0.05, 0.1) is 10.2 Å². The minimum absolute atomic E-state index is 0.122. The molecule has 0 unspecified atom stereocenters. The molecule has 1 aromatic carbocycles. The molecule has 0 saturated heterocycles. The number of hydrogen-bond donors (Lipinski definition) is 1. The molecule has 0 fully saturated rings. The van der Waals surface area contributed by atoms with Gasteiger partial charge in [0.1, 0.15) is 6.54 Å². The van der Waals surface area contributed by atoms with Gasteiger partial charge >= 0.3 is 0 Å². The molecule has 2 aromatic heterocycles. The molecule has 0 atom stereocenters. The number of nitrogens with one attached hydrogen (secondary N) is 1. The van der Waals surface area contributed by atoms with Crippen LogP contribution in [0, 0.1) is 13.8 Å². The van der Waals surface area contributed by atoms with Crippen molar-refractivity contribution in [3.8, 4) is 0 Å². The number of rotatable bonds is 3. The van der Waals surface area contributed by atoms with Crippen molar-refractivity contribution in [1.29, 1.82) is 0 Å². The summed E-state index contributed by atoms with van der Waals surface area (Å²) in [6.45, 7) is 4.27. The maximum Gasteiger partial charge on any atom is 0.247 e. The van der Waals surface area contributed by atoms with Crippen LogP contribution in [-0.4, -0.2) is 20.7 Å². The summed E-state index contributed by atoms with van der Waals surface area (Å²) in [7, 11) is 0. The fourth-order valence-corrected chi connectivity index (χ4v) is 3.04. The lowest BCUT2D eigenvalue weighted by Gasteiger charge is -2.01. The highest BCUT2D eigenvalue weighted by atomic mass is 32.1. The summed E-state index contributed by atoms with van der Waals surface area (Å²) in [5.41, 5.74) is 3.26.